The summed E-state index contributed by atoms with van der Waals surface area (Å²) in [5.41, 5.74) is 5.78. The maximum atomic E-state index is 11.6. The van der Waals surface area contributed by atoms with Crippen molar-refractivity contribution in [3.8, 4) is 0 Å². The van der Waals surface area contributed by atoms with Crippen LogP contribution in [0.4, 0.5) is 0 Å². The van der Waals surface area contributed by atoms with Crippen LogP contribution in [-0.4, -0.2) is 30.2 Å². The van der Waals surface area contributed by atoms with Crippen molar-refractivity contribution in [1.29, 1.82) is 0 Å². The third-order valence-corrected chi connectivity index (χ3v) is 3.14. The van der Waals surface area contributed by atoms with Gasteiger partial charge in [-0.15, -0.1) is 0 Å². The number of carbonyl (C=O) groups excluding carboxylic acids is 1. The maximum Gasteiger partial charge on any atom is 0.220 e. The van der Waals surface area contributed by atoms with Crippen LogP contribution in [0.2, 0.25) is 0 Å². The van der Waals surface area contributed by atoms with Crippen LogP contribution in [0.25, 0.3) is 0 Å². The lowest BCUT2D eigenvalue weighted by atomic mass is 9.76. The second-order valence-corrected chi connectivity index (χ2v) is 5.83. The van der Waals surface area contributed by atoms with Crippen LogP contribution >= 0.6 is 0 Å². The molecule has 0 aliphatic rings. The van der Waals surface area contributed by atoms with Crippen molar-refractivity contribution in [1.82, 2.24) is 5.32 Å². The molecule has 102 valence electrons. The zero-order valence-corrected chi connectivity index (χ0v) is 11.6. The van der Waals surface area contributed by atoms with Gasteiger partial charge >= 0.3 is 0 Å². The summed E-state index contributed by atoms with van der Waals surface area (Å²) in [6.45, 7) is 8.98. The molecule has 0 heterocycles. The van der Waals surface area contributed by atoms with E-state index in [4.69, 9.17) is 10.8 Å². The second kappa shape index (κ2) is 7.67. The van der Waals surface area contributed by atoms with Crippen molar-refractivity contribution in [2.24, 2.45) is 17.1 Å². The predicted molar refractivity (Wildman–Crippen MR) is 70.5 cm³/mol. The molecule has 4 N–H and O–H groups in total. The normalized spacial score (nSPS) is 15.4. The topological polar surface area (TPSA) is 75.3 Å². The van der Waals surface area contributed by atoms with Crippen molar-refractivity contribution < 1.29 is 9.90 Å². The van der Waals surface area contributed by atoms with Crippen molar-refractivity contribution in [2.75, 3.05) is 13.2 Å². The molecule has 4 heteroatoms. The minimum atomic E-state index is -0.162. The summed E-state index contributed by atoms with van der Waals surface area (Å²) in [7, 11) is 0. The third-order valence-electron chi connectivity index (χ3n) is 3.14. The standard InChI is InChI=1S/C13H28N2O2/c1-10(9-16)15-12(17)6-5-11(7-8-14)13(2,3)4/h10-11,16H,5-9,14H2,1-4H3,(H,15,17). The first-order chi connectivity index (χ1) is 7.81. The highest BCUT2D eigenvalue weighted by Crippen LogP contribution is 2.31. The Balaban J connectivity index is 4.09. The van der Waals surface area contributed by atoms with E-state index >= 15 is 0 Å². The molecule has 1 amide bonds. The number of hydrogen-bond donors (Lipinski definition) is 3. The summed E-state index contributed by atoms with van der Waals surface area (Å²) in [6, 6.07) is -0.162. The molecule has 2 atom stereocenters. The van der Waals surface area contributed by atoms with E-state index in [1.165, 1.54) is 0 Å². The molecule has 0 fully saturated rings. The smallest absolute Gasteiger partial charge is 0.220 e. The predicted octanol–water partition coefficient (Wildman–Crippen LogP) is 1.27. The SMILES string of the molecule is CC(CO)NC(=O)CCC(CCN)C(C)(C)C. The summed E-state index contributed by atoms with van der Waals surface area (Å²) < 4.78 is 0. The van der Waals surface area contributed by atoms with E-state index in [1.54, 1.807) is 6.92 Å². The lowest BCUT2D eigenvalue weighted by Crippen LogP contribution is -2.35. The number of hydrogen-bond acceptors (Lipinski definition) is 3. The van der Waals surface area contributed by atoms with Crippen LogP contribution in [0.5, 0.6) is 0 Å². The Morgan fingerprint density at radius 2 is 1.94 bits per heavy atom. The Kier molecular flexibility index (Phi) is 7.39. The number of rotatable bonds is 7. The van der Waals surface area contributed by atoms with E-state index in [-0.39, 0.29) is 24.0 Å². The van der Waals surface area contributed by atoms with Crippen LogP contribution in [0, 0.1) is 11.3 Å². The zero-order chi connectivity index (χ0) is 13.5. The number of aliphatic hydroxyl groups is 1. The number of nitrogens with two attached hydrogens (primary N) is 1. The van der Waals surface area contributed by atoms with Gasteiger partial charge in [0, 0.05) is 12.5 Å². The number of amides is 1. The summed E-state index contributed by atoms with van der Waals surface area (Å²) in [5.74, 6) is 0.473. The van der Waals surface area contributed by atoms with E-state index in [0.29, 0.717) is 18.9 Å². The molecule has 0 aromatic rings. The molecular formula is C13H28N2O2. The summed E-state index contributed by atoms with van der Waals surface area (Å²) >= 11 is 0. The van der Waals surface area contributed by atoms with Crippen molar-refractivity contribution in [2.45, 2.75) is 53.0 Å². The maximum absolute atomic E-state index is 11.6. The van der Waals surface area contributed by atoms with Gasteiger partial charge < -0.3 is 16.2 Å². The average Bonchev–Trinajstić information content (AvgIpc) is 2.22. The van der Waals surface area contributed by atoms with Gasteiger partial charge in [0.05, 0.1) is 6.61 Å². The molecule has 0 aromatic carbocycles. The first kappa shape index (κ1) is 16.4. The first-order valence-corrected chi connectivity index (χ1v) is 6.41. The second-order valence-electron chi connectivity index (χ2n) is 5.83. The fourth-order valence-electron chi connectivity index (χ4n) is 1.91. The lowest BCUT2D eigenvalue weighted by Gasteiger charge is -2.30. The fourth-order valence-corrected chi connectivity index (χ4v) is 1.91. The summed E-state index contributed by atoms with van der Waals surface area (Å²) in [4.78, 5) is 11.6. The van der Waals surface area contributed by atoms with E-state index in [0.717, 1.165) is 12.8 Å². The highest BCUT2D eigenvalue weighted by atomic mass is 16.3. The molecule has 0 bridgehead atoms. The minimum Gasteiger partial charge on any atom is -0.394 e. The van der Waals surface area contributed by atoms with Gasteiger partial charge in [0.2, 0.25) is 5.91 Å². The molecular weight excluding hydrogens is 216 g/mol. The van der Waals surface area contributed by atoms with Gasteiger partial charge in [-0.25, -0.2) is 0 Å². The molecule has 0 aliphatic carbocycles. The number of carbonyl (C=O) groups is 1. The van der Waals surface area contributed by atoms with Gasteiger partial charge in [-0.1, -0.05) is 20.8 Å². The highest BCUT2D eigenvalue weighted by Gasteiger charge is 2.24. The van der Waals surface area contributed by atoms with Crippen LogP contribution in [0.1, 0.15) is 47.0 Å². The van der Waals surface area contributed by atoms with E-state index in [1.807, 2.05) is 0 Å². The van der Waals surface area contributed by atoms with Gasteiger partial charge in [0.25, 0.3) is 0 Å². The Morgan fingerprint density at radius 1 is 1.35 bits per heavy atom. The first-order valence-electron chi connectivity index (χ1n) is 6.41. The highest BCUT2D eigenvalue weighted by molar-refractivity contribution is 5.76. The number of nitrogens with one attached hydrogen (secondary N) is 1. The molecule has 17 heavy (non-hydrogen) atoms. The molecule has 0 aromatic heterocycles. The van der Waals surface area contributed by atoms with E-state index in [2.05, 4.69) is 26.1 Å². The third kappa shape index (κ3) is 7.34. The van der Waals surface area contributed by atoms with Gasteiger partial charge in [0.15, 0.2) is 0 Å². The molecule has 0 saturated heterocycles. The Hall–Kier alpha value is -0.610. The fraction of sp³-hybridized carbons (Fsp3) is 0.923. The van der Waals surface area contributed by atoms with Crippen LogP contribution in [0.15, 0.2) is 0 Å². The minimum absolute atomic E-state index is 0.0119. The van der Waals surface area contributed by atoms with Crippen molar-refractivity contribution in [3.05, 3.63) is 0 Å². The number of aliphatic hydroxyl groups excluding tert-OH is 1. The van der Waals surface area contributed by atoms with Gasteiger partial charge in [-0.05, 0) is 37.6 Å². The van der Waals surface area contributed by atoms with Crippen LogP contribution in [-0.2, 0) is 4.79 Å². The molecule has 0 aliphatic heterocycles. The molecule has 0 radical (unpaired) electrons. The molecule has 4 nitrogen and oxygen atoms in total. The van der Waals surface area contributed by atoms with Gasteiger partial charge in [0.1, 0.15) is 0 Å². The van der Waals surface area contributed by atoms with Crippen molar-refractivity contribution >= 4 is 5.91 Å². The largest absolute Gasteiger partial charge is 0.394 e. The molecule has 0 spiro atoms. The van der Waals surface area contributed by atoms with E-state index in [9.17, 15) is 4.79 Å². The Labute approximate surface area is 105 Å². The van der Waals surface area contributed by atoms with Crippen LogP contribution < -0.4 is 11.1 Å². The summed E-state index contributed by atoms with van der Waals surface area (Å²) in [5, 5.41) is 11.6. The molecule has 2 unspecified atom stereocenters. The quantitative estimate of drug-likeness (QED) is 0.631. The summed E-state index contributed by atoms with van der Waals surface area (Å²) in [6.07, 6.45) is 2.31. The van der Waals surface area contributed by atoms with Crippen LogP contribution in [0.3, 0.4) is 0 Å². The average molecular weight is 244 g/mol. The van der Waals surface area contributed by atoms with Crippen molar-refractivity contribution in [3.63, 3.8) is 0 Å². The monoisotopic (exact) mass is 244 g/mol. The van der Waals surface area contributed by atoms with Gasteiger partial charge in [-0.2, -0.15) is 0 Å². The molecule has 0 rings (SSSR count). The van der Waals surface area contributed by atoms with Gasteiger partial charge in [-0.3, -0.25) is 4.79 Å². The zero-order valence-electron chi connectivity index (χ0n) is 11.6. The lowest BCUT2D eigenvalue weighted by molar-refractivity contribution is -0.122. The Morgan fingerprint density at radius 3 is 2.35 bits per heavy atom. The molecule has 0 saturated carbocycles. The van der Waals surface area contributed by atoms with E-state index < -0.39 is 0 Å². The Bertz CT molecular complexity index is 224.